The number of pyridine rings is 1. The Morgan fingerprint density at radius 3 is 2.71 bits per heavy atom. The van der Waals surface area contributed by atoms with Crippen LogP contribution in [0.1, 0.15) is 28.8 Å². The van der Waals surface area contributed by atoms with Crippen LogP contribution in [0.3, 0.4) is 0 Å². The van der Waals surface area contributed by atoms with Gasteiger partial charge in [0.25, 0.3) is 5.91 Å². The van der Waals surface area contributed by atoms with Crippen LogP contribution < -0.4 is 5.32 Å². The summed E-state index contributed by atoms with van der Waals surface area (Å²) in [4.78, 5) is 30.9. The van der Waals surface area contributed by atoms with Crippen molar-refractivity contribution in [2.24, 2.45) is 5.92 Å². The van der Waals surface area contributed by atoms with E-state index in [1.165, 1.54) is 0 Å². The molecule has 1 N–H and O–H groups in total. The molecule has 6 heteroatoms. The Labute approximate surface area is 164 Å². The second kappa shape index (κ2) is 7.46. The fourth-order valence-corrected chi connectivity index (χ4v) is 3.93. The van der Waals surface area contributed by atoms with Crippen LogP contribution in [0.15, 0.2) is 48.9 Å². The monoisotopic (exact) mass is 376 g/mol. The summed E-state index contributed by atoms with van der Waals surface area (Å²) >= 11 is 0. The van der Waals surface area contributed by atoms with Gasteiger partial charge in [-0.3, -0.25) is 9.59 Å². The minimum atomic E-state index is -0.119. The Hall–Kier alpha value is -3.15. The number of hydrogen-bond donors (Lipinski definition) is 1. The first kappa shape index (κ1) is 18.2. The van der Waals surface area contributed by atoms with Gasteiger partial charge in [0.15, 0.2) is 0 Å². The van der Waals surface area contributed by atoms with E-state index >= 15 is 0 Å². The standard InChI is InChI=1S/C22H24N4O2/c1-15-12-19(14-25-11-9-24-20(15)25)16-5-7-17(8-6-16)22(28)26-10-3-4-18(13-26)21(27)23-2/h5-9,11-12,14,18H,3-4,10,13H2,1-2H3,(H,23,27). The molecule has 0 saturated carbocycles. The zero-order valence-electron chi connectivity index (χ0n) is 16.2. The van der Waals surface area contributed by atoms with Crippen molar-refractivity contribution in [3.8, 4) is 11.1 Å². The first-order valence-corrected chi connectivity index (χ1v) is 9.61. The number of rotatable bonds is 3. The third-order valence-corrected chi connectivity index (χ3v) is 5.46. The summed E-state index contributed by atoms with van der Waals surface area (Å²) < 4.78 is 2.01. The Morgan fingerprint density at radius 1 is 1.18 bits per heavy atom. The molecule has 0 radical (unpaired) electrons. The summed E-state index contributed by atoms with van der Waals surface area (Å²) in [6, 6.07) is 9.80. The predicted octanol–water partition coefficient (Wildman–Crippen LogP) is 2.91. The molecular weight excluding hydrogens is 352 g/mol. The quantitative estimate of drug-likeness (QED) is 0.764. The van der Waals surface area contributed by atoms with Gasteiger partial charge in [0.05, 0.1) is 5.92 Å². The number of carbonyl (C=O) groups excluding carboxylic acids is 2. The fourth-order valence-electron chi connectivity index (χ4n) is 3.93. The lowest BCUT2D eigenvalue weighted by atomic mass is 9.96. The largest absolute Gasteiger partial charge is 0.359 e. The molecule has 2 aromatic heterocycles. The summed E-state index contributed by atoms with van der Waals surface area (Å²) in [5.74, 6) is -0.119. The number of fused-ring (bicyclic) bond motifs is 1. The normalized spacial score (nSPS) is 16.9. The number of aryl methyl sites for hydroxylation is 1. The van der Waals surface area contributed by atoms with Gasteiger partial charge in [0.2, 0.25) is 5.91 Å². The number of carbonyl (C=O) groups is 2. The number of piperidine rings is 1. The molecule has 144 valence electrons. The van der Waals surface area contributed by atoms with Crippen molar-refractivity contribution in [2.75, 3.05) is 20.1 Å². The molecule has 2 amide bonds. The van der Waals surface area contributed by atoms with E-state index in [0.29, 0.717) is 18.7 Å². The van der Waals surface area contributed by atoms with E-state index in [-0.39, 0.29) is 17.7 Å². The molecule has 0 spiro atoms. The summed E-state index contributed by atoms with van der Waals surface area (Å²) in [6.45, 7) is 3.23. The molecule has 6 nitrogen and oxygen atoms in total. The van der Waals surface area contributed by atoms with Gasteiger partial charge in [-0.2, -0.15) is 0 Å². The number of nitrogens with zero attached hydrogens (tertiary/aromatic N) is 3. The molecular formula is C22H24N4O2. The van der Waals surface area contributed by atoms with Gasteiger partial charge in [0.1, 0.15) is 5.65 Å². The molecule has 1 aliphatic heterocycles. The number of benzene rings is 1. The molecule has 1 atom stereocenters. The SMILES string of the molecule is CNC(=O)C1CCCN(C(=O)c2ccc(-c3cc(C)c4nccn4c3)cc2)C1. The Balaban J connectivity index is 1.53. The molecule has 1 fully saturated rings. The van der Waals surface area contributed by atoms with E-state index in [9.17, 15) is 9.59 Å². The second-order valence-electron chi connectivity index (χ2n) is 7.35. The minimum absolute atomic E-state index is 0.0121. The maximum absolute atomic E-state index is 12.9. The van der Waals surface area contributed by atoms with Gasteiger partial charge < -0.3 is 14.6 Å². The lowest BCUT2D eigenvalue weighted by Crippen LogP contribution is -2.44. The molecule has 1 aromatic carbocycles. The molecule has 0 bridgehead atoms. The Kier molecular flexibility index (Phi) is 4.86. The number of nitrogens with one attached hydrogen (secondary N) is 1. The van der Waals surface area contributed by atoms with Crippen molar-refractivity contribution >= 4 is 17.5 Å². The molecule has 3 aromatic rings. The van der Waals surface area contributed by atoms with Gasteiger partial charge in [-0.25, -0.2) is 4.98 Å². The molecule has 0 aliphatic carbocycles. The van der Waals surface area contributed by atoms with Gasteiger partial charge in [-0.05, 0) is 54.7 Å². The molecule has 4 rings (SSSR count). The van der Waals surface area contributed by atoms with Crippen LogP contribution >= 0.6 is 0 Å². The number of aromatic nitrogens is 2. The molecule has 1 saturated heterocycles. The average molecular weight is 376 g/mol. The highest BCUT2D eigenvalue weighted by atomic mass is 16.2. The van der Waals surface area contributed by atoms with Crippen LogP contribution in [-0.4, -0.2) is 46.2 Å². The Bertz CT molecular complexity index is 1020. The van der Waals surface area contributed by atoms with Crippen molar-refractivity contribution in [3.63, 3.8) is 0 Å². The average Bonchev–Trinajstić information content (AvgIpc) is 3.22. The highest BCUT2D eigenvalue weighted by Gasteiger charge is 2.28. The minimum Gasteiger partial charge on any atom is -0.359 e. The maximum Gasteiger partial charge on any atom is 0.253 e. The van der Waals surface area contributed by atoms with Gasteiger partial charge in [0, 0.05) is 44.3 Å². The molecule has 1 aliphatic rings. The smallest absolute Gasteiger partial charge is 0.253 e. The van der Waals surface area contributed by atoms with Crippen molar-refractivity contribution in [2.45, 2.75) is 19.8 Å². The molecule has 28 heavy (non-hydrogen) atoms. The van der Waals surface area contributed by atoms with Crippen LogP contribution in [0.5, 0.6) is 0 Å². The highest BCUT2D eigenvalue weighted by Crippen LogP contribution is 2.24. The van der Waals surface area contributed by atoms with Crippen molar-refractivity contribution in [3.05, 3.63) is 60.0 Å². The van der Waals surface area contributed by atoms with Crippen LogP contribution in [0.2, 0.25) is 0 Å². The fraction of sp³-hybridized carbons (Fsp3) is 0.318. The third-order valence-electron chi connectivity index (χ3n) is 5.46. The maximum atomic E-state index is 12.9. The van der Waals surface area contributed by atoms with Gasteiger partial charge in [-0.15, -0.1) is 0 Å². The van der Waals surface area contributed by atoms with Crippen LogP contribution in [0.25, 0.3) is 16.8 Å². The van der Waals surface area contributed by atoms with Crippen molar-refractivity contribution in [1.29, 1.82) is 0 Å². The van der Waals surface area contributed by atoms with E-state index in [1.54, 1.807) is 18.1 Å². The van der Waals surface area contributed by atoms with E-state index in [1.807, 2.05) is 48.0 Å². The van der Waals surface area contributed by atoms with Gasteiger partial charge >= 0.3 is 0 Å². The molecule has 1 unspecified atom stereocenters. The number of imidazole rings is 1. The Morgan fingerprint density at radius 2 is 1.96 bits per heavy atom. The number of hydrogen-bond acceptors (Lipinski definition) is 3. The highest BCUT2D eigenvalue weighted by molar-refractivity contribution is 5.95. The second-order valence-corrected chi connectivity index (χ2v) is 7.35. The lowest BCUT2D eigenvalue weighted by Gasteiger charge is -2.31. The number of amides is 2. The third kappa shape index (κ3) is 3.38. The zero-order chi connectivity index (χ0) is 19.7. The first-order valence-electron chi connectivity index (χ1n) is 9.61. The summed E-state index contributed by atoms with van der Waals surface area (Å²) in [5.41, 5.74) is 4.85. The topological polar surface area (TPSA) is 66.7 Å². The van der Waals surface area contributed by atoms with E-state index < -0.39 is 0 Å². The summed E-state index contributed by atoms with van der Waals surface area (Å²) in [6.07, 6.45) is 7.46. The van der Waals surface area contributed by atoms with E-state index in [0.717, 1.165) is 35.2 Å². The van der Waals surface area contributed by atoms with E-state index in [2.05, 4.69) is 16.4 Å². The van der Waals surface area contributed by atoms with Crippen molar-refractivity contribution in [1.82, 2.24) is 19.6 Å². The summed E-state index contributed by atoms with van der Waals surface area (Å²) in [7, 11) is 1.64. The van der Waals surface area contributed by atoms with E-state index in [4.69, 9.17) is 0 Å². The first-order chi connectivity index (χ1) is 13.6. The van der Waals surface area contributed by atoms with Crippen LogP contribution in [0.4, 0.5) is 0 Å². The number of likely N-dealkylation sites (tertiary alicyclic amines) is 1. The van der Waals surface area contributed by atoms with Crippen LogP contribution in [0, 0.1) is 12.8 Å². The zero-order valence-corrected chi connectivity index (χ0v) is 16.2. The summed E-state index contributed by atoms with van der Waals surface area (Å²) in [5, 5.41) is 2.69. The van der Waals surface area contributed by atoms with Gasteiger partial charge in [-0.1, -0.05) is 12.1 Å². The van der Waals surface area contributed by atoms with Crippen LogP contribution in [-0.2, 0) is 4.79 Å². The lowest BCUT2D eigenvalue weighted by molar-refractivity contribution is -0.125. The molecule has 3 heterocycles. The predicted molar refractivity (Wildman–Crippen MR) is 108 cm³/mol. The van der Waals surface area contributed by atoms with Crippen molar-refractivity contribution < 1.29 is 9.59 Å².